The lowest BCUT2D eigenvalue weighted by Crippen LogP contribution is -2.31. The molecule has 1 aromatic rings. The minimum atomic E-state index is -0.103. The van der Waals surface area contributed by atoms with Crippen molar-refractivity contribution in [3.63, 3.8) is 0 Å². The van der Waals surface area contributed by atoms with Crippen LogP contribution < -0.4 is 10.6 Å². The Morgan fingerprint density at radius 2 is 2.20 bits per heavy atom. The molecule has 3 heteroatoms. The Kier molecular flexibility index (Phi) is 3.77. The molecule has 3 nitrogen and oxygen atoms in total. The zero-order chi connectivity index (χ0) is 13.9. The van der Waals surface area contributed by atoms with E-state index in [0.29, 0.717) is 0 Å². The molecule has 0 aliphatic heterocycles. The normalized spacial score (nSPS) is 26.8. The molecule has 2 aliphatic rings. The molecule has 0 aromatic heterocycles. The van der Waals surface area contributed by atoms with E-state index in [-0.39, 0.29) is 6.03 Å². The molecule has 0 radical (unpaired) electrons. The van der Waals surface area contributed by atoms with Crippen LogP contribution in [0, 0.1) is 24.7 Å². The Bertz CT molecular complexity index is 523. The van der Waals surface area contributed by atoms with Gasteiger partial charge in [0, 0.05) is 12.2 Å². The van der Waals surface area contributed by atoms with Gasteiger partial charge in [-0.1, -0.05) is 24.3 Å². The van der Waals surface area contributed by atoms with Crippen LogP contribution in [0.1, 0.15) is 24.8 Å². The number of amides is 2. The van der Waals surface area contributed by atoms with Crippen molar-refractivity contribution < 1.29 is 4.79 Å². The van der Waals surface area contributed by atoms with Gasteiger partial charge in [0.05, 0.1) is 0 Å². The van der Waals surface area contributed by atoms with Crippen LogP contribution in [-0.4, -0.2) is 12.6 Å². The Labute approximate surface area is 120 Å². The number of anilines is 1. The zero-order valence-electron chi connectivity index (χ0n) is 11.9. The third-order valence-corrected chi connectivity index (χ3v) is 4.49. The molecule has 2 N–H and O–H groups in total. The van der Waals surface area contributed by atoms with Crippen LogP contribution in [0.4, 0.5) is 10.5 Å². The SMILES string of the molecule is Cc1cccc(NC(=O)NCC[C@@H]2C[C@H]3C=C[C@H]2C3)c1. The largest absolute Gasteiger partial charge is 0.338 e. The maximum atomic E-state index is 11.8. The van der Waals surface area contributed by atoms with Gasteiger partial charge in [0.1, 0.15) is 0 Å². The molecular formula is C17H22N2O. The van der Waals surface area contributed by atoms with Gasteiger partial charge in [-0.05, 0) is 61.6 Å². The number of rotatable bonds is 4. The molecule has 106 valence electrons. The fourth-order valence-electron chi connectivity index (χ4n) is 3.50. The van der Waals surface area contributed by atoms with Crippen molar-refractivity contribution in [1.82, 2.24) is 5.32 Å². The summed E-state index contributed by atoms with van der Waals surface area (Å²) in [6.45, 7) is 2.78. The van der Waals surface area contributed by atoms with Gasteiger partial charge in [-0.3, -0.25) is 0 Å². The number of nitrogens with one attached hydrogen (secondary N) is 2. The number of urea groups is 1. The van der Waals surface area contributed by atoms with E-state index >= 15 is 0 Å². The van der Waals surface area contributed by atoms with E-state index < -0.39 is 0 Å². The van der Waals surface area contributed by atoms with Gasteiger partial charge in [-0.15, -0.1) is 0 Å². The molecule has 0 heterocycles. The first-order valence-electron chi connectivity index (χ1n) is 7.50. The number of hydrogen-bond acceptors (Lipinski definition) is 1. The highest BCUT2D eigenvalue weighted by atomic mass is 16.2. The highest BCUT2D eigenvalue weighted by molar-refractivity contribution is 5.89. The van der Waals surface area contributed by atoms with Crippen molar-refractivity contribution in [2.24, 2.45) is 17.8 Å². The summed E-state index contributed by atoms with van der Waals surface area (Å²) in [6, 6.07) is 7.75. The average molecular weight is 270 g/mol. The summed E-state index contributed by atoms with van der Waals surface area (Å²) in [4.78, 5) is 11.8. The van der Waals surface area contributed by atoms with Crippen LogP contribution in [-0.2, 0) is 0 Å². The number of allylic oxidation sites excluding steroid dienone is 2. The average Bonchev–Trinajstić information content (AvgIpc) is 3.01. The molecule has 20 heavy (non-hydrogen) atoms. The van der Waals surface area contributed by atoms with Crippen molar-refractivity contribution in [2.75, 3.05) is 11.9 Å². The van der Waals surface area contributed by atoms with Crippen molar-refractivity contribution >= 4 is 11.7 Å². The number of benzene rings is 1. The maximum absolute atomic E-state index is 11.8. The van der Waals surface area contributed by atoms with E-state index in [1.54, 1.807) is 0 Å². The third-order valence-electron chi connectivity index (χ3n) is 4.49. The Balaban J connectivity index is 1.40. The molecule has 0 saturated heterocycles. The number of carbonyl (C=O) groups is 1. The molecule has 1 fully saturated rings. The van der Waals surface area contributed by atoms with Gasteiger partial charge in [-0.25, -0.2) is 4.79 Å². The lowest BCUT2D eigenvalue weighted by atomic mass is 9.91. The molecule has 2 amide bonds. The topological polar surface area (TPSA) is 41.1 Å². The van der Waals surface area contributed by atoms with Gasteiger partial charge in [0.25, 0.3) is 0 Å². The quantitative estimate of drug-likeness (QED) is 0.804. The van der Waals surface area contributed by atoms with Crippen molar-refractivity contribution in [1.29, 1.82) is 0 Å². The second-order valence-electron chi connectivity index (χ2n) is 6.08. The minimum absolute atomic E-state index is 0.103. The predicted molar refractivity (Wildman–Crippen MR) is 81.7 cm³/mol. The Hall–Kier alpha value is -1.77. The molecule has 3 atom stereocenters. The van der Waals surface area contributed by atoms with E-state index in [4.69, 9.17) is 0 Å². The van der Waals surface area contributed by atoms with Crippen LogP contribution in [0.5, 0.6) is 0 Å². The highest BCUT2D eigenvalue weighted by Crippen LogP contribution is 2.44. The van der Waals surface area contributed by atoms with E-state index in [1.165, 1.54) is 12.8 Å². The second kappa shape index (κ2) is 5.70. The number of hydrogen-bond donors (Lipinski definition) is 2. The number of carbonyl (C=O) groups excluding carboxylic acids is 1. The highest BCUT2D eigenvalue weighted by Gasteiger charge is 2.34. The molecule has 3 rings (SSSR count). The molecule has 0 unspecified atom stereocenters. The van der Waals surface area contributed by atoms with Gasteiger partial charge >= 0.3 is 6.03 Å². The van der Waals surface area contributed by atoms with Crippen LogP contribution in [0.3, 0.4) is 0 Å². The Morgan fingerprint density at radius 3 is 2.90 bits per heavy atom. The standard InChI is InChI=1S/C17H22N2O/c1-12-3-2-4-16(9-12)19-17(20)18-8-7-15-11-13-5-6-14(15)10-13/h2-6,9,13-15H,7-8,10-11H2,1H3,(H2,18,19,20)/t13-,14-,15+/m0/s1. The van der Waals surface area contributed by atoms with E-state index in [0.717, 1.165) is 42.0 Å². The first-order chi connectivity index (χ1) is 9.70. The van der Waals surface area contributed by atoms with Gasteiger partial charge in [0.15, 0.2) is 0 Å². The summed E-state index contributed by atoms with van der Waals surface area (Å²) in [5.74, 6) is 2.34. The van der Waals surface area contributed by atoms with Crippen LogP contribution in [0.15, 0.2) is 36.4 Å². The third kappa shape index (κ3) is 3.03. The molecule has 1 saturated carbocycles. The van der Waals surface area contributed by atoms with Crippen LogP contribution >= 0.6 is 0 Å². The molecular weight excluding hydrogens is 248 g/mol. The van der Waals surface area contributed by atoms with Gasteiger partial charge < -0.3 is 10.6 Å². The van der Waals surface area contributed by atoms with Gasteiger partial charge in [-0.2, -0.15) is 0 Å². The van der Waals surface area contributed by atoms with Crippen molar-refractivity contribution in [2.45, 2.75) is 26.2 Å². The maximum Gasteiger partial charge on any atom is 0.319 e. The van der Waals surface area contributed by atoms with E-state index in [1.807, 2.05) is 31.2 Å². The van der Waals surface area contributed by atoms with Crippen LogP contribution in [0.2, 0.25) is 0 Å². The number of fused-ring (bicyclic) bond motifs is 2. The summed E-state index contributed by atoms with van der Waals surface area (Å²) in [5.41, 5.74) is 2.00. The predicted octanol–water partition coefficient (Wildman–Crippen LogP) is 3.72. The molecule has 0 spiro atoms. The fraction of sp³-hybridized carbons (Fsp3) is 0.471. The Morgan fingerprint density at radius 1 is 1.30 bits per heavy atom. The summed E-state index contributed by atoms with van der Waals surface area (Å²) in [5, 5.41) is 5.84. The molecule has 1 aromatic carbocycles. The first kappa shape index (κ1) is 13.2. The summed E-state index contributed by atoms with van der Waals surface area (Å²) in [6.07, 6.45) is 8.46. The van der Waals surface area contributed by atoms with E-state index in [9.17, 15) is 4.79 Å². The molecule has 2 aliphatic carbocycles. The smallest absolute Gasteiger partial charge is 0.319 e. The van der Waals surface area contributed by atoms with Crippen molar-refractivity contribution in [3.05, 3.63) is 42.0 Å². The lowest BCUT2D eigenvalue weighted by Gasteiger charge is -2.18. The first-order valence-corrected chi connectivity index (χ1v) is 7.50. The summed E-state index contributed by atoms with van der Waals surface area (Å²) in [7, 11) is 0. The monoisotopic (exact) mass is 270 g/mol. The van der Waals surface area contributed by atoms with Gasteiger partial charge in [0.2, 0.25) is 0 Å². The van der Waals surface area contributed by atoms with Crippen molar-refractivity contribution in [3.8, 4) is 0 Å². The fourth-order valence-corrected chi connectivity index (χ4v) is 3.50. The second-order valence-corrected chi connectivity index (χ2v) is 6.08. The lowest BCUT2D eigenvalue weighted by molar-refractivity contribution is 0.250. The number of aryl methyl sites for hydroxylation is 1. The zero-order valence-corrected chi connectivity index (χ0v) is 11.9. The summed E-state index contributed by atoms with van der Waals surface area (Å²) >= 11 is 0. The summed E-state index contributed by atoms with van der Waals surface area (Å²) < 4.78 is 0. The molecule has 2 bridgehead atoms. The minimum Gasteiger partial charge on any atom is -0.338 e. The van der Waals surface area contributed by atoms with E-state index in [2.05, 4.69) is 22.8 Å². The van der Waals surface area contributed by atoms with Crippen LogP contribution in [0.25, 0.3) is 0 Å².